The van der Waals surface area contributed by atoms with Gasteiger partial charge in [0.1, 0.15) is 24.7 Å². The summed E-state index contributed by atoms with van der Waals surface area (Å²) in [5.41, 5.74) is 5.02. The first-order valence-electron chi connectivity index (χ1n) is 14.9. The van der Waals surface area contributed by atoms with E-state index < -0.39 is 0 Å². The first-order chi connectivity index (χ1) is 20.7. The van der Waals surface area contributed by atoms with Crippen LogP contribution >= 0.6 is 0 Å². The summed E-state index contributed by atoms with van der Waals surface area (Å²) in [4.78, 5) is 15.7. The molecule has 42 heavy (non-hydrogen) atoms. The second-order valence-corrected chi connectivity index (χ2v) is 10.8. The van der Waals surface area contributed by atoms with Crippen molar-refractivity contribution in [2.45, 2.75) is 38.4 Å². The Balaban J connectivity index is 1.29. The number of carbonyl (C=O) groups excluding carboxylic acids is 1. The third kappa shape index (κ3) is 8.79. The molecule has 3 aromatic rings. The fourth-order valence-corrected chi connectivity index (χ4v) is 5.50. The summed E-state index contributed by atoms with van der Waals surface area (Å²) in [5, 5.41) is 3.05. The number of carbonyl (C=O) groups is 1. The Kier molecular flexibility index (Phi) is 11.2. The molecule has 224 valence electrons. The van der Waals surface area contributed by atoms with Gasteiger partial charge in [0, 0.05) is 58.0 Å². The van der Waals surface area contributed by atoms with Gasteiger partial charge in [-0.3, -0.25) is 9.69 Å². The normalized spacial score (nSPS) is 17.0. The van der Waals surface area contributed by atoms with E-state index in [1.165, 1.54) is 11.1 Å². The van der Waals surface area contributed by atoms with Crippen LogP contribution in [-0.2, 0) is 33.7 Å². The Morgan fingerprint density at radius 2 is 1.74 bits per heavy atom. The second-order valence-electron chi connectivity index (χ2n) is 10.8. The first-order valence-corrected chi connectivity index (χ1v) is 14.9. The van der Waals surface area contributed by atoms with E-state index in [-0.39, 0.29) is 5.91 Å². The smallest absolute Gasteiger partial charge is 0.251 e. The van der Waals surface area contributed by atoms with Gasteiger partial charge in [0.15, 0.2) is 0 Å². The Bertz CT molecular complexity index is 1290. The maximum Gasteiger partial charge on any atom is 0.251 e. The highest BCUT2D eigenvalue weighted by molar-refractivity contribution is 5.94. The van der Waals surface area contributed by atoms with E-state index in [1.54, 1.807) is 7.11 Å². The van der Waals surface area contributed by atoms with E-state index in [2.05, 4.69) is 34.5 Å². The minimum Gasteiger partial charge on any atom is -0.491 e. The Labute approximate surface area is 248 Å². The lowest BCUT2D eigenvalue weighted by Crippen LogP contribution is -2.41. The van der Waals surface area contributed by atoms with E-state index in [9.17, 15) is 4.79 Å². The van der Waals surface area contributed by atoms with Crippen molar-refractivity contribution in [3.63, 3.8) is 0 Å². The zero-order chi connectivity index (χ0) is 29.0. The van der Waals surface area contributed by atoms with Gasteiger partial charge < -0.3 is 29.0 Å². The predicted molar refractivity (Wildman–Crippen MR) is 161 cm³/mol. The van der Waals surface area contributed by atoms with Crippen LogP contribution in [0.1, 0.15) is 45.5 Å². The fraction of sp³-hybridized carbons (Fsp3) is 0.441. The molecule has 1 N–H and O–H groups in total. The minimum atomic E-state index is -0.132. The van der Waals surface area contributed by atoms with E-state index in [1.807, 2.05) is 42.5 Å². The van der Waals surface area contributed by atoms with Crippen molar-refractivity contribution in [3.8, 4) is 11.5 Å². The summed E-state index contributed by atoms with van der Waals surface area (Å²) in [6.45, 7) is 6.44. The van der Waals surface area contributed by atoms with E-state index in [4.69, 9.17) is 23.7 Å². The number of rotatable bonds is 8. The Hall–Kier alpha value is -3.43. The molecule has 0 aromatic heterocycles. The number of nitrogens with one attached hydrogen (secondary N) is 1. The number of nitrogens with zero attached hydrogens (tertiary/aromatic N) is 1. The van der Waals surface area contributed by atoms with Gasteiger partial charge in [-0.25, -0.2) is 0 Å². The zero-order valence-electron chi connectivity index (χ0n) is 24.5. The van der Waals surface area contributed by atoms with Crippen molar-refractivity contribution in [1.29, 1.82) is 0 Å². The lowest BCUT2D eigenvalue weighted by atomic mass is 9.99. The first kappa shape index (κ1) is 30.0. The number of methoxy groups -OCH3 is 1. The van der Waals surface area contributed by atoms with Crippen LogP contribution < -0.4 is 14.8 Å². The molecule has 2 bridgehead atoms. The average Bonchev–Trinajstić information content (AvgIpc) is 3.02. The summed E-state index contributed by atoms with van der Waals surface area (Å²) < 4.78 is 28.5. The number of benzene rings is 3. The Morgan fingerprint density at radius 1 is 0.905 bits per heavy atom. The van der Waals surface area contributed by atoms with Crippen molar-refractivity contribution in [3.05, 3.63) is 94.5 Å². The van der Waals surface area contributed by atoms with Gasteiger partial charge in [-0.1, -0.05) is 36.4 Å². The number of fused-ring (bicyclic) bond motifs is 3. The lowest BCUT2D eigenvalue weighted by molar-refractivity contribution is 0.0133. The molecule has 8 heteroatoms. The van der Waals surface area contributed by atoms with Crippen LogP contribution in [0.15, 0.2) is 66.7 Å². The second kappa shape index (κ2) is 15.7. The molecule has 2 heterocycles. The van der Waals surface area contributed by atoms with Gasteiger partial charge in [0.25, 0.3) is 5.91 Å². The van der Waals surface area contributed by atoms with E-state index in [0.29, 0.717) is 57.6 Å². The number of amides is 1. The maximum atomic E-state index is 13.2. The molecular formula is C34H42N2O6. The third-order valence-corrected chi connectivity index (χ3v) is 7.72. The summed E-state index contributed by atoms with van der Waals surface area (Å²) in [6.07, 6.45) is 2.77. The van der Waals surface area contributed by atoms with Gasteiger partial charge >= 0.3 is 0 Å². The van der Waals surface area contributed by atoms with Crippen LogP contribution in [0.2, 0.25) is 0 Å². The largest absolute Gasteiger partial charge is 0.491 e. The molecule has 0 spiro atoms. The SMILES string of the molecule is COCCOc1cccc(CNC(=O)c2ccc3c(c2)Cc2cccc(c2)CN(C2CCOCC2)CCOCCO3)c1. The van der Waals surface area contributed by atoms with Crippen molar-refractivity contribution < 1.29 is 28.5 Å². The van der Waals surface area contributed by atoms with Crippen LogP contribution in [0.3, 0.4) is 0 Å². The molecule has 8 nitrogen and oxygen atoms in total. The summed E-state index contributed by atoms with van der Waals surface area (Å²) in [6, 6.07) is 22.6. The Morgan fingerprint density at radius 3 is 2.62 bits per heavy atom. The molecular weight excluding hydrogens is 532 g/mol. The van der Waals surface area contributed by atoms with Crippen molar-refractivity contribution in [1.82, 2.24) is 10.2 Å². The molecule has 0 atom stereocenters. The molecule has 1 saturated heterocycles. The monoisotopic (exact) mass is 574 g/mol. The molecule has 5 rings (SSSR count). The van der Waals surface area contributed by atoms with E-state index in [0.717, 1.165) is 61.8 Å². The molecule has 2 aliphatic heterocycles. The third-order valence-electron chi connectivity index (χ3n) is 7.72. The number of ether oxygens (including phenoxy) is 5. The molecule has 0 saturated carbocycles. The molecule has 1 amide bonds. The van der Waals surface area contributed by atoms with Crippen molar-refractivity contribution in [2.75, 3.05) is 59.9 Å². The van der Waals surface area contributed by atoms with Crippen LogP contribution in [0.5, 0.6) is 11.5 Å². The molecule has 2 aliphatic rings. The maximum absolute atomic E-state index is 13.2. The van der Waals surface area contributed by atoms with Gasteiger partial charge in [0.2, 0.25) is 0 Å². The van der Waals surface area contributed by atoms with Crippen LogP contribution in [0.25, 0.3) is 0 Å². The quantitative estimate of drug-likeness (QED) is 0.394. The van der Waals surface area contributed by atoms with Crippen LogP contribution in [0.4, 0.5) is 0 Å². The molecule has 0 radical (unpaired) electrons. The highest BCUT2D eigenvalue weighted by Crippen LogP contribution is 2.25. The summed E-state index contributed by atoms with van der Waals surface area (Å²) in [7, 11) is 1.65. The van der Waals surface area contributed by atoms with Gasteiger partial charge in [-0.15, -0.1) is 0 Å². The van der Waals surface area contributed by atoms with Crippen molar-refractivity contribution in [2.24, 2.45) is 0 Å². The van der Waals surface area contributed by atoms with Gasteiger partial charge in [-0.05, 0) is 65.4 Å². The summed E-state index contributed by atoms with van der Waals surface area (Å²) >= 11 is 0. The number of hydrogen-bond donors (Lipinski definition) is 1. The molecule has 1 fully saturated rings. The van der Waals surface area contributed by atoms with Gasteiger partial charge in [0.05, 0.1) is 19.8 Å². The van der Waals surface area contributed by atoms with Crippen LogP contribution in [-0.4, -0.2) is 76.8 Å². The standard InChI is InChI=1S/C34H42N2O6/c1-38-16-18-41-32-7-3-5-27(22-32)24-35-34(37)29-8-9-33-30(23-29)21-26-4-2-6-28(20-26)25-36(12-15-40-17-19-42-33)31-10-13-39-14-11-31/h2-9,20,22-23,31H,10-19,21,24-25H2,1H3,(H,35,37). The zero-order valence-corrected chi connectivity index (χ0v) is 24.5. The lowest BCUT2D eigenvalue weighted by Gasteiger charge is -2.34. The average molecular weight is 575 g/mol. The van der Waals surface area contributed by atoms with E-state index >= 15 is 0 Å². The molecule has 3 aromatic carbocycles. The van der Waals surface area contributed by atoms with Gasteiger partial charge in [-0.2, -0.15) is 0 Å². The van der Waals surface area contributed by atoms with Crippen molar-refractivity contribution >= 4 is 5.91 Å². The summed E-state index contributed by atoms with van der Waals surface area (Å²) in [5.74, 6) is 1.40. The molecule has 0 unspecified atom stereocenters. The minimum absolute atomic E-state index is 0.132. The van der Waals surface area contributed by atoms with Crippen LogP contribution in [0, 0.1) is 0 Å². The highest BCUT2D eigenvalue weighted by Gasteiger charge is 2.22. The fourth-order valence-electron chi connectivity index (χ4n) is 5.50. The highest BCUT2D eigenvalue weighted by atomic mass is 16.5. The number of hydrogen-bond acceptors (Lipinski definition) is 7. The predicted octanol–water partition coefficient (Wildman–Crippen LogP) is 4.62. The molecule has 0 aliphatic carbocycles. The topological polar surface area (TPSA) is 78.5 Å².